The molecule has 0 amide bonds. The lowest BCUT2D eigenvalue weighted by molar-refractivity contribution is -0.0790. The molecule has 0 aromatic rings. The highest BCUT2D eigenvalue weighted by Gasteiger charge is 2.32. The molecule has 1 heterocycles. The molecule has 0 aromatic heterocycles. The van der Waals surface area contributed by atoms with Crippen molar-refractivity contribution in [2.45, 2.75) is 27.7 Å². The van der Waals surface area contributed by atoms with Crippen molar-refractivity contribution in [3.8, 4) is 0 Å². The van der Waals surface area contributed by atoms with E-state index in [9.17, 15) is 0 Å². The minimum Gasteiger partial charge on any atom is -0.381 e. The minimum atomic E-state index is 0.453. The number of hydrogen-bond donors (Lipinski definition) is 0. The first kappa shape index (κ1) is 8.06. The van der Waals surface area contributed by atoms with Crippen LogP contribution in [0.25, 0.3) is 0 Å². The Hall–Kier alpha value is -0.0400. The lowest BCUT2D eigenvalue weighted by atomic mass is 9.74. The van der Waals surface area contributed by atoms with E-state index in [2.05, 4.69) is 27.7 Å². The first-order valence-electron chi connectivity index (χ1n) is 4.09. The maximum Gasteiger partial charge on any atom is 0.0519 e. The molecule has 0 aliphatic carbocycles. The van der Waals surface area contributed by atoms with Gasteiger partial charge < -0.3 is 4.74 Å². The Morgan fingerprint density at radius 2 is 1.80 bits per heavy atom. The van der Waals surface area contributed by atoms with Gasteiger partial charge in [-0.2, -0.15) is 0 Å². The zero-order valence-electron chi connectivity index (χ0n) is 7.48. The number of rotatable bonds is 1. The summed E-state index contributed by atoms with van der Waals surface area (Å²) in [6.45, 7) is 11.2. The Morgan fingerprint density at radius 3 is 1.90 bits per heavy atom. The molecule has 1 heteroatoms. The van der Waals surface area contributed by atoms with Gasteiger partial charge in [-0.15, -0.1) is 0 Å². The summed E-state index contributed by atoms with van der Waals surface area (Å²) in [6, 6.07) is 0. The lowest BCUT2D eigenvalue weighted by Crippen LogP contribution is -2.38. The molecule has 1 rings (SSSR count). The van der Waals surface area contributed by atoms with Crippen LogP contribution in [0.4, 0.5) is 0 Å². The quantitative estimate of drug-likeness (QED) is 0.546. The standard InChI is InChI=1S/C9H18O/c1-7(9(2,3)4)8-5-10-6-8/h7-8H,5-6H2,1-4H3/t7-/m0/s1. The fraction of sp³-hybridized carbons (Fsp3) is 1.00. The topological polar surface area (TPSA) is 9.23 Å². The second-order valence-corrected chi connectivity index (χ2v) is 4.45. The Labute approximate surface area is 63.8 Å². The van der Waals surface area contributed by atoms with Crippen LogP contribution in [0.3, 0.4) is 0 Å². The van der Waals surface area contributed by atoms with E-state index in [-0.39, 0.29) is 0 Å². The Balaban J connectivity index is 2.39. The van der Waals surface area contributed by atoms with Crippen molar-refractivity contribution in [1.82, 2.24) is 0 Å². The lowest BCUT2D eigenvalue weighted by Gasteiger charge is -2.39. The van der Waals surface area contributed by atoms with Gasteiger partial charge in [0.05, 0.1) is 13.2 Å². The van der Waals surface area contributed by atoms with E-state index in [0.717, 1.165) is 25.0 Å². The molecule has 1 fully saturated rings. The van der Waals surface area contributed by atoms with E-state index < -0.39 is 0 Å². The molecule has 10 heavy (non-hydrogen) atoms. The van der Waals surface area contributed by atoms with Crippen LogP contribution in [0.1, 0.15) is 27.7 Å². The van der Waals surface area contributed by atoms with E-state index in [1.54, 1.807) is 0 Å². The zero-order chi connectivity index (χ0) is 7.78. The number of hydrogen-bond acceptors (Lipinski definition) is 1. The van der Waals surface area contributed by atoms with Gasteiger partial charge in [-0.3, -0.25) is 0 Å². The molecule has 0 bridgehead atoms. The van der Waals surface area contributed by atoms with Gasteiger partial charge in [0, 0.05) is 5.92 Å². The predicted molar refractivity (Wildman–Crippen MR) is 42.9 cm³/mol. The monoisotopic (exact) mass is 142 g/mol. The van der Waals surface area contributed by atoms with E-state index in [1.165, 1.54) is 0 Å². The maximum absolute atomic E-state index is 5.15. The molecule has 1 nitrogen and oxygen atoms in total. The second-order valence-electron chi connectivity index (χ2n) is 4.45. The first-order valence-corrected chi connectivity index (χ1v) is 4.09. The van der Waals surface area contributed by atoms with E-state index >= 15 is 0 Å². The molecular formula is C9H18O. The minimum absolute atomic E-state index is 0.453. The van der Waals surface area contributed by atoms with Gasteiger partial charge in [0.1, 0.15) is 0 Å². The summed E-state index contributed by atoms with van der Waals surface area (Å²) in [5.74, 6) is 1.61. The van der Waals surface area contributed by atoms with Crippen LogP contribution >= 0.6 is 0 Å². The highest BCUT2D eigenvalue weighted by Crippen LogP contribution is 2.34. The highest BCUT2D eigenvalue weighted by molar-refractivity contribution is 4.80. The second kappa shape index (κ2) is 2.54. The van der Waals surface area contributed by atoms with Crippen molar-refractivity contribution < 1.29 is 4.74 Å². The molecule has 1 atom stereocenters. The summed E-state index contributed by atoms with van der Waals surface area (Å²) < 4.78 is 5.15. The zero-order valence-corrected chi connectivity index (χ0v) is 7.48. The van der Waals surface area contributed by atoms with Crippen molar-refractivity contribution in [2.75, 3.05) is 13.2 Å². The molecule has 0 aromatic carbocycles. The van der Waals surface area contributed by atoms with Crippen LogP contribution in [0.15, 0.2) is 0 Å². The molecule has 0 unspecified atom stereocenters. The first-order chi connectivity index (χ1) is 4.52. The Morgan fingerprint density at radius 1 is 1.30 bits per heavy atom. The molecule has 1 aliphatic heterocycles. The maximum atomic E-state index is 5.15. The van der Waals surface area contributed by atoms with Crippen molar-refractivity contribution in [2.24, 2.45) is 17.3 Å². The molecule has 60 valence electrons. The fourth-order valence-corrected chi connectivity index (χ4v) is 1.25. The average molecular weight is 142 g/mol. The molecule has 0 saturated carbocycles. The van der Waals surface area contributed by atoms with E-state index in [1.807, 2.05) is 0 Å². The summed E-state index contributed by atoms with van der Waals surface area (Å²) in [4.78, 5) is 0. The van der Waals surface area contributed by atoms with Crippen LogP contribution in [-0.4, -0.2) is 13.2 Å². The van der Waals surface area contributed by atoms with Crippen molar-refractivity contribution in [3.05, 3.63) is 0 Å². The van der Waals surface area contributed by atoms with Gasteiger partial charge in [-0.25, -0.2) is 0 Å². The van der Waals surface area contributed by atoms with Crippen LogP contribution in [0.5, 0.6) is 0 Å². The third-order valence-electron chi connectivity index (χ3n) is 2.74. The van der Waals surface area contributed by atoms with Crippen molar-refractivity contribution in [3.63, 3.8) is 0 Å². The molecule has 0 N–H and O–H groups in total. The average Bonchev–Trinajstić information content (AvgIpc) is 1.57. The van der Waals surface area contributed by atoms with Gasteiger partial charge in [-0.05, 0) is 11.3 Å². The molecule has 1 aliphatic rings. The number of ether oxygens (including phenoxy) is 1. The van der Waals surface area contributed by atoms with Gasteiger partial charge in [0.2, 0.25) is 0 Å². The van der Waals surface area contributed by atoms with Gasteiger partial charge >= 0.3 is 0 Å². The van der Waals surface area contributed by atoms with Crippen molar-refractivity contribution >= 4 is 0 Å². The summed E-state index contributed by atoms with van der Waals surface area (Å²) in [5, 5.41) is 0. The van der Waals surface area contributed by atoms with Gasteiger partial charge in [0.25, 0.3) is 0 Å². The van der Waals surface area contributed by atoms with Crippen molar-refractivity contribution in [1.29, 1.82) is 0 Å². The largest absolute Gasteiger partial charge is 0.381 e. The third kappa shape index (κ3) is 1.51. The predicted octanol–water partition coefficient (Wildman–Crippen LogP) is 2.32. The molecule has 0 spiro atoms. The Kier molecular flexibility index (Phi) is 2.04. The van der Waals surface area contributed by atoms with Gasteiger partial charge in [0.15, 0.2) is 0 Å². The summed E-state index contributed by atoms with van der Waals surface area (Å²) in [6.07, 6.45) is 0. The highest BCUT2D eigenvalue weighted by atomic mass is 16.5. The third-order valence-corrected chi connectivity index (χ3v) is 2.74. The van der Waals surface area contributed by atoms with Crippen LogP contribution in [0, 0.1) is 17.3 Å². The smallest absolute Gasteiger partial charge is 0.0519 e. The summed E-state index contributed by atoms with van der Waals surface area (Å²) >= 11 is 0. The molecular weight excluding hydrogens is 124 g/mol. The van der Waals surface area contributed by atoms with E-state index in [0.29, 0.717) is 5.41 Å². The van der Waals surface area contributed by atoms with Crippen LogP contribution < -0.4 is 0 Å². The fourth-order valence-electron chi connectivity index (χ4n) is 1.25. The van der Waals surface area contributed by atoms with Gasteiger partial charge in [-0.1, -0.05) is 27.7 Å². The normalized spacial score (nSPS) is 24.0. The SMILES string of the molecule is C[C@@H](C1COC1)C(C)(C)C. The van der Waals surface area contributed by atoms with E-state index in [4.69, 9.17) is 4.74 Å². The molecule has 0 radical (unpaired) electrons. The van der Waals surface area contributed by atoms with Crippen LogP contribution in [0.2, 0.25) is 0 Å². The summed E-state index contributed by atoms with van der Waals surface area (Å²) in [5.41, 5.74) is 0.453. The Bertz CT molecular complexity index is 108. The summed E-state index contributed by atoms with van der Waals surface area (Å²) in [7, 11) is 0. The molecule has 1 saturated heterocycles. The van der Waals surface area contributed by atoms with Crippen LogP contribution in [-0.2, 0) is 4.74 Å².